The van der Waals surface area contributed by atoms with Gasteiger partial charge in [0.25, 0.3) is 5.89 Å². The molecule has 3 aromatic rings. The van der Waals surface area contributed by atoms with Gasteiger partial charge in [-0.1, -0.05) is 34.4 Å². The number of hydrogen-bond acceptors (Lipinski definition) is 5. The zero-order valence-corrected chi connectivity index (χ0v) is 11.8. The average Bonchev–Trinajstić information content (AvgIpc) is 3.05. The Morgan fingerprint density at radius 2 is 1.95 bits per heavy atom. The Morgan fingerprint density at radius 3 is 2.58 bits per heavy atom. The second kappa shape index (κ2) is 4.85. The molecule has 0 amide bonds. The highest BCUT2D eigenvalue weighted by molar-refractivity contribution is 7.13. The van der Waals surface area contributed by atoms with Crippen LogP contribution in [0.15, 0.2) is 34.2 Å². The van der Waals surface area contributed by atoms with Crippen molar-refractivity contribution in [2.75, 3.05) is 5.73 Å². The minimum absolute atomic E-state index is 0.342. The average molecular weight is 312 g/mol. The minimum atomic E-state index is 0.342. The number of nitrogen functional groups attached to an aromatic ring is 1. The first kappa shape index (κ1) is 12.5. The van der Waals surface area contributed by atoms with E-state index in [2.05, 4.69) is 10.1 Å². The van der Waals surface area contributed by atoms with Crippen molar-refractivity contribution in [3.05, 3.63) is 39.7 Å². The van der Waals surface area contributed by atoms with E-state index in [1.165, 1.54) is 11.3 Å². The molecule has 2 N–H and O–H groups in total. The summed E-state index contributed by atoms with van der Waals surface area (Å²) >= 11 is 13.5. The first-order chi connectivity index (χ1) is 9.15. The fourth-order valence-corrected chi connectivity index (χ4v) is 2.69. The number of anilines is 1. The summed E-state index contributed by atoms with van der Waals surface area (Å²) in [6, 6.07) is 7.14. The molecule has 96 valence electrons. The molecule has 0 bridgehead atoms. The maximum absolute atomic E-state index is 5.98. The minimum Gasteiger partial charge on any atom is -0.396 e. The summed E-state index contributed by atoms with van der Waals surface area (Å²) in [5, 5.41) is 6.59. The van der Waals surface area contributed by atoms with E-state index < -0.39 is 0 Å². The van der Waals surface area contributed by atoms with Gasteiger partial charge in [0, 0.05) is 5.56 Å². The Kier molecular flexibility index (Phi) is 3.18. The van der Waals surface area contributed by atoms with E-state index in [1.54, 1.807) is 12.1 Å². The van der Waals surface area contributed by atoms with Crippen LogP contribution in [-0.4, -0.2) is 10.1 Å². The molecule has 0 aliphatic rings. The standard InChI is InChI=1S/C12H7Cl2N3OS/c13-7-4-6(5-8(14)10(7)15)11-16-12(18-17-11)9-2-1-3-19-9/h1-5H,15H2. The normalized spacial score (nSPS) is 10.8. The lowest BCUT2D eigenvalue weighted by atomic mass is 10.2. The van der Waals surface area contributed by atoms with Gasteiger partial charge in [0.1, 0.15) is 0 Å². The molecule has 0 saturated carbocycles. The molecule has 0 aliphatic heterocycles. The van der Waals surface area contributed by atoms with Crippen LogP contribution in [0, 0.1) is 0 Å². The number of aromatic nitrogens is 2. The maximum atomic E-state index is 5.98. The van der Waals surface area contributed by atoms with Crippen LogP contribution < -0.4 is 5.73 Å². The summed E-state index contributed by atoms with van der Waals surface area (Å²) in [7, 11) is 0. The second-order valence-corrected chi connectivity index (χ2v) is 5.52. The molecule has 19 heavy (non-hydrogen) atoms. The molecule has 1 aromatic carbocycles. The fraction of sp³-hybridized carbons (Fsp3) is 0. The van der Waals surface area contributed by atoms with Gasteiger partial charge in [0.2, 0.25) is 5.82 Å². The van der Waals surface area contributed by atoms with E-state index in [-0.39, 0.29) is 0 Å². The Balaban J connectivity index is 2.04. The van der Waals surface area contributed by atoms with Crippen molar-refractivity contribution < 1.29 is 4.52 Å². The zero-order chi connectivity index (χ0) is 13.4. The largest absolute Gasteiger partial charge is 0.396 e. The number of benzene rings is 1. The molecule has 0 atom stereocenters. The number of nitrogens with zero attached hydrogens (tertiary/aromatic N) is 2. The predicted molar refractivity (Wildman–Crippen MR) is 77.5 cm³/mol. The van der Waals surface area contributed by atoms with Gasteiger partial charge in [0.15, 0.2) is 0 Å². The molecule has 4 nitrogen and oxygen atoms in total. The Morgan fingerprint density at radius 1 is 1.21 bits per heavy atom. The summed E-state index contributed by atoms with van der Waals surface area (Å²) in [6.07, 6.45) is 0. The smallest absolute Gasteiger partial charge is 0.268 e. The van der Waals surface area contributed by atoms with Crippen LogP contribution in [0.25, 0.3) is 22.2 Å². The van der Waals surface area contributed by atoms with Crippen LogP contribution in [-0.2, 0) is 0 Å². The van der Waals surface area contributed by atoms with Crippen LogP contribution in [0.5, 0.6) is 0 Å². The highest BCUT2D eigenvalue weighted by Crippen LogP contribution is 2.33. The molecule has 0 aliphatic carbocycles. The number of hydrogen-bond donors (Lipinski definition) is 1. The summed E-state index contributed by atoms with van der Waals surface area (Å²) in [5.41, 5.74) is 6.69. The lowest BCUT2D eigenvalue weighted by Gasteiger charge is -2.02. The van der Waals surface area contributed by atoms with Crippen LogP contribution in [0.3, 0.4) is 0 Å². The number of thiophene rings is 1. The Labute approximate surface area is 122 Å². The van der Waals surface area contributed by atoms with E-state index in [0.29, 0.717) is 33.0 Å². The highest BCUT2D eigenvalue weighted by atomic mass is 35.5. The molecular formula is C12H7Cl2N3OS. The molecule has 0 unspecified atom stereocenters. The molecular weight excluding hydrogens is 305 g/mol. The second-order valence-electron chi connectivity index (χ2n) is 3.75. The quantitative estimate of drug-likeness (QED) is 0.714. The van der Waals surface area contributed by atoms with Gasteiger partial charge < -0.3 is 10.3 Å². The van der Waals surface area contributed by atoms with E-state index in [4.69, 9.17) is 33.5 Å². The summed E-state index contributed by atoms with van der Waals surface area (Å²) in [6.45, 7) is 0. The maximum Gasteiger partial charge on any atom is 0.268 e. The van der Waals surface area contributed by atoms with Crippen LogP contribution in [0.1, 0.15) is 0 Å². The van der Waals surface area contributed by atoms with Crippen molar-refractivity contribution in [3.8, 4) is 22.2 Å². The molecule has 0 fully saturated rings. The van der Waals surface area contributed by atoms with E-state index in [9.17, 15) is 0 Å². The van der Waals surface area contributed by atoms with E-state index in [1.807, 2.05) is 17.5 Å². The van der Waals surface area contributed by atoms with E-state index >= 15 is 0 Å². The lowest BCUT2D eigenvalue weighted by Crippen LogP contribution is -1.90. The van der Waals surface area contributed by atoms with Crippen molar-refractivity contribution in [2.45, 2.75) is 0 Å². The molecule has 0 radical (unpaired) electrons. The first-order valence-electron chi connectivity index (χ1n) is 5.27. The first-order valence-corrected chi connectivity index (χ1v) is 6.91. The monoisotopic (exact) mass is 311 g/mol. The van der Waals surface area contributed by atoms with Gasteiger partial charge in [-0.2, -0.15) is 4.98 Å². The fourth-order valence-electron chi connectivity index (χ4n) is 1.55. The van der Waals surface area contributed by atoms with Crippen molar-refractivity contribution in [3.63, 3.8) is 0 Å². The van der Waals surface area contributed by atoms with Gasteiger partial charge in [-0.3, -0.25) is 0 Å². The lowest BCUT2D eigenvalue weighted by molar-refractivity contribution is 0.433. The molecule has 0 saturated heterocycles. The van der Waals surface area contributed by atoms with Crippen LogP contribution in [0.2, 0.25) is 10.0 Å². The van der Waals surface area contributed by atoms with Gasteiger partial charge in [-0.15, -0.1) is 11.3 Å². The van der Waals surface area contributed by atoms with Crippen molar-refractivity contribution in [1.82, 2.24) is 10.1 Å². The molecule has 2 heterocycles. The summed E-state index contributed by atoms with van der Waals surface area (Å²) < 4.78 is 5.21. The molecule has 3 rings (SSSR count). The van der Waals surface area contributed by atoms with Gasteiger partial charge >= 0.3 is 0 Å². The van der Waals surface area contributed by atoms with Gasteiger partial charge in [-0.25, -0.2) is 0 Å². The number of rotatable bonds is 2. The number of nitrogens with two attached hydrogens (primary N) is 1. The third kappa shape index (κ3) is 2.32. The summed E-state index contributed by atoms with van der Waals surface area (Å²) in [5.74, 6) is 0.890. The van der Waals surface area contributed by atoms with Crippen LogP contribution in [0.4, 0.5) is 5.69 Å². The van der Waals surface area contributed by atoms with Crippen molar-refractivity contribution >= 4 is 40.2 Å². The third-order valence-corrected chi connectivity index (χ3v) is 3.98. The molecule has 7 heteroatoms. The number of halogens is 2. The van der Waals surface area contributed by atoms with Crippen molar-refractivity contribution in [1.29, 1.82) is 0 Å². The highest BCUT2D eigenvalue weighted by Gasteiger charge is 2.13. The van der Waals surface area contributed by atoms with Crippen molar-refractivity contribution in [2.24, 2.45) is 0 Å². The topological polar surface area (TPSA) is 64.9 Å². The zero-order valence-electron chi connectivity index (χ0n) is 9.43. The van der Waals surface area contributed by atoms with E-state index in [0.717, 1.165) is 4.88 Å². The third-order valence-electron chi connectivity index (χ3n) is 2.50. The molecule has 2 aromatic heterocycles. The van der Waals surface area contributed by atoms with Gasteiger partial charge in [0.05, 0.1) is 20.6 Å². The molecule has 0 spiro atoms. The Hall–Kier alpha value is -1.56. The van der Waals surface area contributed by atoms with Gasteiger partial charge in [-0.05, 0) is 23.6 Å². The summed E-state index contributed by atoms with van der Waals surface area (Å²) in [4.78, 5) is 5.22. The Bertz CT molecular complexity index is 701. The SMILES string of the molecule is Nc1c(Cl)cc(-c2noc(-c3cccs3)n2)cc1Cl. The van der Waals surface area contributed by atoms with Crippen LogP contribution >= 0.6 is 34.5 Å². The predicted octanol–water partition coefficient (Wildman–Crippen LogP) is 4.35.